The maximum absolute atomic E-state index is 13.2. The Balaban J connectivity index is 1.75. The molecule has 1 saturated heterocycles. The van der Waals surface area contributed by atoms with E-state index in [1.54, 1.807) is 0 Å². The van der Waals surface area contributed by atoms with Gasteiger partial charge in [-0.2, -0.15) is 0 Å². The average molecular weight is 584 g/mol. The Morgan fingerprint density at radius 3 is 2.10 bits per heavy atom. The second-order valence-electron chi connectivity index (χ2n) is 9.54. The minimum atomic E-state index is -1.95. The third-order valence-corrected chi connectivity index (χ3v) is 6.82. The lowest BCUT2D eigenvalue weighted by Crippen LogP contribution is -2.55. The largest absolute Gasteiger partial charge is 0.508 e. The van der Waals surface area contributed by atoms with Crippen LogP contribution in [0.3, 0.4) is 0 Å². The van der Waals surface area contributed by atoms with E-state index >= 15 is 0 Å². The Labute approximate surface area is 234 Å². The molecule has 1 aliphatic rings. The van der Waals surface area contributed by atoms with Gasteiger partial charge in [-0.05, 0) is 36.4 Å². The fraction of sp³-hybridized carbons (Fsp3) is 0.214. The number of carbonyl (C=O) groups is 1. The summed E-state index contributed by atoms with van der Waals surface area (Å²) >= 11 is 0. The third-order valence-electron chi connectivity index (χ3n) is 6.82. The summed E-state index contributed by atoms with van der Waals surface area (Å²) in [7, 11) is 0. The van der Waals surface area contributed by atoms with E-state index in [9.17, 15) is 55.5 Å². The molecule has 0 unspecified atom stereocenters. The van der Waals surface area contributed by atoms with Gasteiger partial charge < -0.3 is 59.8 Å². The summed E-state index contributed by atoms with van der Waals surface area (Å²) in [6, 6.07) is 8.88. The highest BCUT2D eigenvalue weighted by molar-refractivity contribution is 5.95. The molecule has 14 heteroatoms. The predicted octanol–water partition coefficient (Wildman–Crippen LogP) is 0.722. The minimum absolute atomic E-state index is 0.0814. The maximum Gasteiger partial charge on any atom is 0.343 e. The van der Waals surface area contributed by atoms with Crippen LogP contribution in [-0.4, -0.2) is 83.0 Å². The minimum Gasteiger partial charge on any atom is -0.508 e. The zero-order chi connectivity index (χ0) is 30.5. The fourth-order valence-corrected chi connectivity index (χ4v) is 4.65. The van der Waals surface area contributed by atoms with Crippen LogP contribution in [0.15, 0.2) is 57.7 Å². The number of fused-ring (bicyclic) bond motifs is 1. The molecule has 0 amide bonds. The molecule has 220 valence electrons. The van der Waals surface area contributed by atoms with Crippen molar-refractivity contribution < 1.29 is 64.6 Å². The Kier molecular flexibility index (Phi) is 7.40. The van der Waals surface area contributed by atoms with Crippen molar-refractivity contribution in [1.29, 1.82) is 0 Å². The molecule has 1 aliphatic heterocycles. The first-order chi connectivity index (χ1) is 19.9. The summed E-state index contributed by atoms with van der Waals surface area (Å²) in [5.41, 5.74) is -1.81. The predicted molar refractivity (Wildman–Crippen MR) is 140 cm³/mol. The number of aliphatic hydroxyl groups is 4. The zero-order valence-electron chi connectivity index (χ0n) is 21.3. The molecule has 1 aromatic heterocycles. The van der Waals surface area contributed by atoms with Gasteiger partial charge in [0.2, 0.25) is 0 Å². The van der Waals surface area contributed by atoms with E-state index in [4.69, 9.17) is 13.9 Å². The molecule has 9 N–H and O–H groups in total. The number of phenols is 5. The fourth-order valence-electron chi connectivity index (χ4n) is 4.65. The molecule has 5 rings (SSSR count). The van der Waals surface area contributed by atoms with Gasteiger partial charge in [-0.1, -0.05) is 0 Å². The Hall–Kier alpha value is -4.86. The average Bonchev–Trinajstić information content (AvgIpc) is 2.95. The van der Waals surface area contributed by atoms with Crippen LogP contribution in [0, 0.1) is 0 Å². The quantitative estimate of drug-likeness (QED) is 0.0891. The van der Waals surface area contributed by atoms with Crippen LogP contribution in [0.1, 0.15) is 22.0 Å². The van der Waals surface area contributed by atoms with E-state index in [2.05, 4.69) is 0 Å². The summed E-state index contributed by atoms with van der Waals surface area (Å²) in [5, 5.41) is 90.6. The molecule has 42 heavy (non-hydrogen) atoms. The van der Waals surface area contributed by atoms with Crippen molar-refractivity contribution in [3.05, 3.63) is 69.9 Å². The van der Waals surface area contributed by atoms with Crippen LogP contribution in [0.25, 0.3) is 22.3 Å². The third kappa shape index (κ3) is 4.93. The summed E-state index contributed by atoms with van der Waals surface area (Å²) in [5.74, 6) is -5.36. The van der Waals surface area contributed by atoms with Crippen molar-refractivity contribution >= 4 is 16.9 Å². The number of ether oxygens (including phenoxy) is 2. The zero-order valence-corrected chi connectivity index (χ0v) is 21.3. The Morgan fingerprint density at radius 2 is 1.48 bits per heavy atom. The van der Waals surface area contributed by atoms with E-state index < -0.39 is 99.4 Å². The van der Waals surface area contributed by atoms with Gasteiger partial charge in [-0.15, -0.1) is 0 Å². The molecule has 5 atom stereocenters. The first-order valence-corrected chi connectivity index (χ1v) is 12.3. The van der Waals surface area contributed by atoms with Gasteiger partial charge in [-0.3, -0.25) is 4.79 Å². The number of rotatable bonds is 5. The molecule has 0 bridgehead atoms. The first-order valence-electron chi connectivity index (χ1n) is 12.3. The van der Waals surface area contributed by atoms with Gasteiger partial charge in [0.15, 0.2) is 28.3 Å². The topological polar surface area (TPSA) is 248 Å². The number of esters is 1. The van der Waals surface area contributed by atoms with Gasteiger partial charge in [-0.25, -0.2) is 4.79 Å². The lowest BCUT2D eigenvalue weighted by atomic mass is 9.89. The summed E-state index contributed by atoms with van der Waals surface area (Å²) in [6.45, 7) is -0.818. The van der Waals surface area contributed by atoms with Crippen molar-refractivity contribution in [2.45, 2.75) is 30.5 Å². The number of hydrogen-bond donors (Lipinski definition) is 9. The van der Waals surface area contributed by atoms with Crippen LogP contribution in [0.5, 0.6) is 34.5 Å². The molecule has 3 aromatic carbocycles. The summed E-state index contributed by atoms with van der Waals surface area (Å²) in [6.07, 6.45) is -8.77. The van der Waals surface area contributed by atoms with Gasteiger partial charge in [0, 0.05) is 17.7 Å². The number of phenolic OH excluding ortho intramolecular Hbond substituents is 5. The normalized spacial score (nSPS) is 22.2. The molecule has 2 heterocycles. The van der Waals surface area contributed by atoms with Crippen LogP contribution >= 0.6 is 0 Å². The summed E-state index contributed by atoms with van der Waals surface area (Å²) < 4.78 is 17.0. The molecule has 0 spiro atoms. The lowest BCUT2D eigenvalue weighted by Gasteiger charge is -2.40. The van der Waals surface area contributed by atoms with Crippen molar-refractivity contribution in [2.75, 3.05) is 6.61 Å². The number of benzene rings is 3. The smallest absolute Gasteiger partial charge is 0.343 e. The number of aromatic hydroxyl groups is 5. The highest BCUT2D eigenvalue weighted by atomic mass is 16.6. The SMILES string of the molecule is O=C(Oc1cc(O)c2c(=O)cc(-c3ccc(O)cc3)oc2c1[C@H]1O[C@H](CO)[C@@H](O)[C@H](O)[C@H]1O)c1cc(O)c(O)c(O)c1. The highest BCUT2D eigenvalue weighted by Gasteiger charge is 2.46. The van der Waals surface area contributed by atoms with E-state index in [1.807, 2.05) is 0 Å². The van der Waals surface area contributed by atoms with E-state index in [-0.39, 0.29) is 11.5 Å². The van der Waals surface area contributed by atoms with Crippen LogP contribution in [0.2, 0.25) is 0 Å². The van der Waals surface area contributed by atoms with Crippen molar-refractivity contribution in [2.24, 2.45) is 0 Å². The molecule has 1 fully saturated rings. The second-order valence-corrected chi connectivity index (χ2v) is 9.54. The molecule has 0 radical (unpaired) electrons. The van der Waals surface area contributed by atoms with Gasteiger partial charge >= 0.3 is 5.97 Å². The number of hydrogen-bond acceptors (Lipinski definition) is 14. The monoisotopic (exact) mass is 584 g/mol. The van der Waals surface area contributed by atoms with Gasteiger partial charge in [0.25, 0.3) is 0 Å². The maximum atomic E-state index is 13.2. The first kappa shape index (κ1) is 28.7. The molecule has 4 aromatic rings. The standard InChI is InChI=1S/C28H24O14/c29-9-19-23(36)24(37)25(38)27(41-19)21-18(42-28(39)11-5-15(33)22(35)16(34)6-11)8-14(32)20-13(31)7-17(40-26(20)21)10-1-3-12(30)4-2-10/h1-8,19,23-25,27,29-30,32-38H,9H2/t19-,23-,24+,25-,27-/m1/s1. The van der Waals surface area contributed by atoms with Crippen LogP contribution in [-0.2, 0) is 4.74 Å². The van der Waals surface area contributed by atoms with Crippen LogP contribution < -0.4 is 10.2 Å². The highest BCUT2D eigenvalue weighted by Crippen LogP contribution is 2.45. The Bertz CT molecular complexity index is 1700. The molecule has 0 aliphatic carbocycles. The van der Waals surface area contributed by atoms with Crippen molar-refractivity contribution in [3.8, 4) is 45.8 Å². The van der Waals surface area contributed by atoms with E-state index in [0.717, 1.165) is 24.3 Å². The second kappa shape index (κ2) is 10.8. The molecular weight excluding hydrogens is 560 g/mol. The van der Waals surface area contributed by atoms with Gasteiger partial charge in [0.05, 0.1) is 17.7 Å². The Morgan fingerprint density at radius 1 is 0.833 bits per heavy atom. The molecule has 0 saturated carbocycles. The van der Waals surface area contributed by atoms with Crippen molar-refractivity contribution in [3.63, 3.8) is 0 Å². The van der Waals surface area contributed by atoms with Crippen LogP contribution in [0.4, 0.5) is 0 Å². The number of carbonyl (C=O) groups excluding carboxylic acids is 1. The van der Waals surface area contributed by atoms with E-state index in [0.29, 0.717) is 5.56 Å². The van der Waals surface area contributed by atoms with Crippen molar-refractivity contribution in [1.82, 2.24) is 0 Å². The molecule has 14 nitrogen and oxygen atoms in total. The summed E-state index contributed by atoms with van der Waals surface area (Å²) in [4.78, 5) is 26.2. The van der Waals surface area contributed by atoms with E-state index in [1.165, 1.54) is 24.3 Å². The number of aliphatic hydroxyl groups excluding tert-OH is 4. The molecular formula is C28H24O14. The lowest BCUT2D eigenvalue weighted by molar-refractivity contribution is -0.231. The van der Waals surface area contributed by atoms with Gasteiger partial charge in [0.1, 0.15) is 58.9 Å².